The summed E-state index contributed by atoms with van der Waals surface area (Å²) in [5.41, 5.74) is -0.718. The van der Waals surface area contributed by atoms with Crippen molar-refractivity contribution in [2.75, 3.05) is 0 Å². The van der Waals surface area contributed by atoms with Crippen LogP contribution in [0.3, 0.4) is 0 Å². The Morgan fingerprint density at radius 2 is 1.57 bits per heavy atom. The van der Waals surface area contributed by atoms with Crippen LogP contribution in [0.15, 0.2) is 0 Å². The van der Waals surface area contributed by atoms with Crippen LogP contribution in [-0.2, 0) is 0 Å². The first-order valence-electron chi connectivity index (χ1n) is 5.43. The summed E-state index contributed by atoms with van der Waals surface area (Å²) in [6.45, 7) is 12.3. The standard InChI is InChI=1S/C12H24O2/c1-8(13)9-11(4,5)10(2,3)7-12(9,6)14/h8-9,13-14H,7H2,1-6H3/t8-,9-,12+/m0/s1. The van der Waals surface area contributed by atoms with Crippen LogP contribution in [0.2, 0.25) is 0 Å². The molecular weight excluding hydrogens is 176 g/mol. The molecule has 0 radical (unpaired) electrons. The summed E-state index contributed by atoms with van der Waals surface area (Å²) in [7, 11) is 0. The Morgan fingerprint density at radius 1 is 1.14 bits per heavy atom. The van der Waals surface area contributed by atoms with Crippen molar-refractivity contribution in [3.8, 4) is 0 Å². The minimum absolute atomic E-state index is 0.0370. The summed E-state index contributed by atoms with van der Waals surface area (Å²) in [4.78, 5) is 0. The van der Waals surface area contributed by atoms with Gasteiger partial charge in [-0.3, -0.25) is 0 Å². The van der Waals surface area contributed by atoms with E-state index in [1.807, 2.05) is 6.92 Å². The van der Waals surface area contributed by atoms with Crippen molar-refractivity contribution in [3.05, 3.63) is 0 Å². The molecule has 84 valence electrons. The van der Waals surface area contributed by atoms with Crippen LogP contribution in [0, 0.1) is 16.7 Å². The monoisotopic (exact) mass is 200 g/mol. The predicted octanol–water partition coefficient (Wildman–Crippen LogP) is 2.19. The Balaban J connectivity index is 3.14. The molecule has 0 bridgehead atoms. The number of aliphatic hydroxyl groups is 2. The van der Waals surface area contributed by atoms with E-state index >= 15 is 0 Å². The average molecular weight is 200 g/mol. The first kappa shape index (κ1) is 12.0. The summed E-state index contributed by atoms with van der Waals surface area (Å²) in [6.07, 6.45) is 0.296. The average Bonchev–Trinajstić information content (AvgIpc) is 1.90. The van der Waals surface area contributed by atoms with E-state index in [2.05, 4.69) is 27.7 Å². The Hall–Kier alpha value is -0.0800. The quantitative estimate of drug-likeness (QED) is 0.681. The molecule has 1 rings (SSSR count). The fourth-order valence-electron chi connectivity index (χ4n) is 3.55. The van der Waals surface area contributed by atoms with Crippen LogP contribution in [-0.4, -0.2) is 21.9 Å². The lowest BCUT2D eigenvalue weighted by Gasteiger charge is -2.41. The third-order valence-electron chi connectivity index (χ3n) is 4.47. The van der Waals surface area contributed by atoms with Crippen LogP contribution in [0.4, 0.5) is 0 Å². The molecule has 1 fully saturated rings. The molecule has 1 aliphatic carbocycles. The van der Waals surface area contributed by atoms with Crippen LogP contribution < -0.4 is 0 Å². The van der Waals surface area contributed by atoms with E-state index in [4.69, 9.17) is 0 Å². The number of hydrogen-bond acceptors (Lipinski definition) is 2. The molecule has 1 aliphatic rings. The van der Waals surface area contributed by atoms with Crippen molar-refractivity contribution in [1.29, 1.82) is 0 Å². The van der Waals surface area contributed by atoms with Gasteiger partial charge in [-0.05, 0) is 31.1 Å². The smallest absolute Gasteiger partial charge is 0.0682 e. The minimum atomic E-state index is -0.749. The molecule has 2 heteroatoms. The molecule has 0 heterocycles. The zero-order valence-electron chi connectivity index (χ0n) is 10.3. The molecule has 3 atom stereocenters. The maximum Gasteiger partial charge on any atom is 0.0682 e. The van der Waals surface area contributed by atoms with Gasteiger partial charge in [-0.15, -0.1) is 0 Å². The highest BCUT2D eigenvalue weighted by atomic mass is 16.3. The van der Waals surface area contributed by atoms with Crippen molar-refractivity contribution >= 4 is 0 Å². The SMILES string of the molecule is C[C@H](O)[C@H]1C(C)(C)C(C)(C)C[C@@]1(C)O. The number of hydrogen-bond donors (Lipinski definition) is 2. The first-order chi connectivity index (χ1) is 6.02. The lowest BCUT2D eigenvalue weighted by molar-refractivity contribution is -0.0669. The maximum absolute atomic E-state index is 10.3. The Morgan fingerprint density at radius 3 is 1.71 bits per heavy atom. The van der Waals surface area contributed by atoms with E-state index in [-0.39, 0.29) is 16.7 Å². The predicted molar refractivity (Wildman–Crippen MR) is 58.0 cm³/mol. The molecule has 0 saturated heterocycles. The molecule has 0 spiro atoms. The number of aliphatic hydroxyl groups excluding tert-OH is 1. The van der Waals surface area contributed by atoms with Crippen molar-refractivity contribution in [1.82, 2.24) is 0 Å². The van der Waals surface area contributed by atoms with E-state index < -0.39 is 11.7 Å². The molecule has 0 aliphatic heterocycles. The fourth-order valence-corrected chi connectivity index (χ4v) is 3.55. The van der Waals surface area contributed by atoms with Gasteiger partial charge in [0.15, 0.2) is 0 Å². The van der Waals surface area contributed by atoms with Crippen LogP contribution >= 0.6 is 0 Å². The van der Waals surface area contributed by atoms with Gasteiger partial charge in [0.25, 0.3) is 0 Å². The molecule has 0 amide bonds. The Labute approximate surface area is 87.3 Å². The molecule has 0 aromatic carbocycles. The second kappa shape index (κ2) is 2.96. The van der Waals surface area contributed by atoms with Gasteiger partial charge in [0.2, 0.25) is 0 Å². The van der Waals surface area contributed by atoms with E-state index in [9.17, 15) is 10.2 Å². The van der Waals surface area contributed by atoms with Gasteiger partial charge in [0.05, 0.1) is 11.7 Å². The van der Waals surface area contributed by atoms with Gasteiger partial charge < -0.3 is 10.2 Å². The highest BCUT2D eigenvalue weighted by Crippen LogP contribution is 2.60. The Kier molecular flexibility index (Phi) is 2.53. The minimum Gasteiger partial charge on any atom is -0.393 e. The maximum atomic E-state index is 10.3. The summed E-state index contributed by atoms with van der Waals surface area (Å²) in [6, 6.07) is 0. The molecule has 0 aromatic rings. The van der Waals surface area contributed by atoms with Gasteiger partial charge in [-0.2, -0.15) is 0 Å². The molecule has 2 N–H and O–H groups in total. The van der Waals surface area contributed by atoms with Gasteiger partial charge in [0, 0.05) is 5.92 Å². The molecule has 0 unspecified atom stereocenters. The topological polar surface area (TPSA) is 40.5 Å². The Bertz CT molecular complexity index is 226. The van der Waals surface area contributed by atoms with Crippen LogP contribution in [0.25, 0.3) is 0 Å². The third kappa shape index (κ3) is 1.49. The summed E-state index contributed by atoms with van der Waals surface area (Å²) in [5, 5.41) is 20.1. The van der Waals surface area contributed by atoms with Gasteiger partial charge >= 0.3 is 0 Å². The van der Waals surface area contributed by atoms with Gasteiger partial charge in [0.1, 0.15) is 0 Å². The molecule has 1 saturated carbocycles. The first-order valence-corrected chi connectivity index (χ1v) is 5.43. The second-order valence-corrected chi connectivity index (χ2v) is 6.36. The highest BCUT2D eigenvalue weighted by Gasteiger charge is 2.60. The normalized spacial score (nSPS) is 42.4. The zero-order valence-corrected chi connectivity index (χ0v) is 10.3. The van der Waals surface area contributed by atoms with Crippen molar-refractivity contribution < 1.29 is 10.2 Å². The summed E-state index contributed by atoms with van der Waals surface area (Å²) < 4.78 is 0. The van der Waals surface area contributed by atoms with Crippen molar-refractivity contribution in [2.45, 2.75) is 59.7 Å². The molecule has 0 aromatic heterocycles. The largest absolute Gasteiger partial charge is 0.393 e. The van der Waals surface area contributed by atoms with Crippen molar-refractivity contribution in [3.63, 3.8) is 0 Å². The van der Waals surface area contributed by atoms with E-state index in [0.717, 1.165) is 6.42 Å². The lowest BCUT2D eigenvalue weighted by atomic mass is 9.65. The number of rotatable bonds is 1. The summed E-state index contributed by atoms with van der Waals surface area (Å²) >= 11 is 0. The molecule has 14 heavy (non-hydrogen) atoms. The zero-order chi connectivity index (χ0) is 11.4. The molecular formula is C12H24O2. The highest BCUT2D eigenvalue weighted by molar-refractivity contribution is 5.09. The van der Waals surface area contributed by atoms with E-state index in [1.165, 1.54) is 0 Å². The van der Waals surface area contributed by atoms with E-state index in [0.29, 0.717) is 0 Å². The van der Waals surface area contributed by atoms with Crippen LogP contribution in [0.5, 0.6) is 0 Å². The molecule has 2 nitrogen and oxygen atoms in total. The second-order valence-electron chi connectivity index (χ2n) is 6.36. The fraction of sp³-hybridized carbons (Fsp3) is 1.00. The van der Waals surface area contributed by atoms with Gasteiger partial charge in [-0.25, -0.2) is 0 Å². The van der Waals surface area contributed by atoms with E-state index in [1.54, 1.807) is 6.92 Å². The summed E-state index contributed by atoms with van der Waals surface area (Å²) in [5.74, 6) is -0.0509. The van der Waals surface area contributed by atoms with Gasteiger partial charge in [-0.1, -0.05) is 27.7 Å². The third-order valence-corrected chi connectivity index (χ3v) is 4.47. The lowest BCUT2D eigenvalue weighted by Crippen LogP contribution is -2.43. The van der Waals surface area contributed by atoms with Crippen molar-refractivity contribution in [2.24, 2.45) is 16.7 Å². The van der Waals surface area contributed by atoms with Crippen LogP contribution in [0.1, 0.15) is 48.0 Å².